The predicted molar refractivity (Wildman–Crippen MR) is 59.1 cm³/mol. The van der Waals surface area contributed by atoms with E-state index in [0.717, 1.165) is 17.1 Å². The lowest BCUT2D eigenvalue weighted by atomic mass is 10.1. The summed E-state index contributed by atoms with van der Waals surface area (Å²) in [5.41, 5.74) is 13.1. The van der Waals surface area contributed by atoms with E-state index < -0.39 is 0 Å². The van der Waals surface area contributed by atoms with Gasteiger partial charge in [-0.1, -0.05) is 12.1 Å². The smallest absolute Gasteiger partial charge is 0.218 e. The van der Waals surface area contributed by atoms with E-state index in [9.17, 15) is 0 Å². The number of hydrogen-bond acceptors (Lipinski definition) is 4. The summed E-state index contributed by atoms with van der Waals surface area (Å²) in [5, 5.41) is 4.18. The summed E-state index contributed by atoms with van der Waals surface area (Å²) in [5.74, 6) is 1.15. The van der Waals surface area contributed by atoms with Gasteiger partial charge in [-0.05, 0) is 17.7 Å². The minimum Gasteiger partial charge on any atom is -0.399 e. The van der Waals surface area contributed by atoms with Gasteiger partial charge in [0.1, 0.15) is 0 Å². The van der Waals surface area contributed by atoms with Crippen LogP contribution in [0, 0.1) is 0 Å². The van der Waals surface area contributed by atoms with Crippen LogP contribution in [0.5, 0.6) is 0 Å². The lowest BCUT2D eigenvalue weighted by molar-refractivity contribution is 0.759. The topological polar surface area (TPSA) is 82.8 Å². The van der Waals surface area contributed by atoms with E-state index >= 15 is 0 Å². The molecule has 0 aliphatic rings. The van der Waals surface area contributed by atoms with E-state index in [0.29, 0.717) is 12.4 Å². The molecule has 4 N–H and O–H groups in total. The molecule has 0 amide bonds. The molecular formula is C10H13N5. The van der Waals surface area contributed by atoms with Gasteiger partial charge in [-0.2, -0.15) is 10.1 Å². The summed E-state index contributed by atoms with van der Waals surface area (Å²) in [6.45, 7) is 0. The number of benzene rings is 1. The van der Waals surface area contributed by atoms with E-state index in [1.54, 1.807) is 11.7 Å². The molecule has 1 heterocycles. The van der Waals surface area contributed by atoms with Crippen LogP contribution in [-0.2, 0) is 13.5 Å². The number of anilines is 2. The van der Waals surface area contributed by atoms with Gasteiger partial charge in [0.25, 0.3) is 0 Å². The Bertz CT molecular complexity index is 438. The Balaban J connectivity index is 2.18. The molecule has 0 spiro atoms. The molecule has 0 bridgehead atoms. The van der Waals surface area contributed by atoms with Crippen molar-refractivity contribution in [1.29, 1.82) is 0 Å². The van der Waals surface area contributed by atoms with Crippen molar-refractivity contribution >= 4 is 11.6 Å². The third-order valence-electron chi connectivity index (χ3n) is 2.18. The monoisotopic (exact) mass is 203 g/mol. The molecule has 0 unspecified atom stereocenters. The van der Waals surface area contributed by atoms with Crippen molar-refractivity contribution in [3.05, 3.63) is 35.7 Å². The van der Waals surface area contributed by atoms with Gasteiger partial charge in [0, 0.05) is 19.2 Å². The summed E-state index contributed by atoms with van der Waals surface area (Å²) in [7, 11) is 1.77. The van der Waals surface area contributed by atoms with Crippen molar-refractivity contribution in [2.45, 2.75) is 6.42 Å². The number of hydrogen-bond donors (Lipinski definition) is 2. The highest BCUT2D eigenvalue weighted by atomic mass is 15.4. The number of aromatic nitrogens is 3. The third-order valence-corrected chi connectivity index (χ3v) is 2.18. The van der Waals surface area contributed by atoms with Gasteiger partial charge in [0.15, 0.2) is 5.82 Å². The minimum atomic E-state index is 0.431. The summed E-state index contributed by atoms with van der Waals surface area (Å²) in [4.78, 5) is 4.13. The largest absolute Gasteiger partial charge is 0.399 e. The summed E-state index contributed by atoms with van der Waals surface area (Å²) in [6, 6.07) is 7.65. The van der Waals surface area contributed by atoms with E-state index in [1.807, 2.05) is 24.3 Å². The number of aryl methyl sites for hydroxylation is 1. The van der Waals surface area contributed by atoms with Gasteiger partial charge in [-0.25, -0.2) is 4.68 Å². The molecule has 0 saturated carbocycles. The maximum Gasteiger partial charge on any atom is 0.218 e. The van der Waals surface area contributed by atoms with Crippen LogP contribution in [-0.4, -0.2) is 14.8 Å². The first-order valence-electron chi connectivity index (χ1n) is 4.65. The van der Waals surface area contributed by atoms with Crippen LogP contribution >= 0.6 is 0 Å². The Hall–Kier alpha value is -2.04. The fourth-order valence-corrected chi connectivity index (χ4v) is 1.34. The zero-order valence-electron chi connectivity index (χ0n) is 8.51. The lowest BCUT2D eigenvalue weighted by Gasteiger charge is -1.97. The predicted octanol–water partition coefficient (Wildman–Crippen LogP) is 0.570. The number of rotatable bonds is 2. The molecule has 1 aromatic carbocycles. The molecule has 15 heavy (non-hydrogen) atoms. The highest BCUT2D eigenvalue weighted by Crippen LogP contribution is 2.09. The first kappa shape index (κ1) is 9.51. The first-order chi connectivity index (χ1) is 7.15. The fourth-order valence-electron chi connectivity index (χ4n) is 1.34. The molecule has 0 aliphatic heterocycles. The van der Waals surface area contributed by atoms with Gasteiger partial charge in [-0.3, -0.25) is 0 Å². The summed E-state index contributed by atoms with van der Waals surface area (Å²) < 4.78 is 1.56. The molecule has 0 fully saturated rings. The zero-order valence-corrected chi connectivity index (χ0v) is 8.51. The fraction of sp³-hybridized carbons (Fsp3) is 0.200. The van der Waals surface area contributed by atoms with Crippen molar-refractivity contribution in [3.8, 4) is 0 Å². The standard InChI is InChI=1S/C10H13N5/c1-15-10(12)13-9(14-15)6-7-2-4-8(11)5-3-7/h2-5H,6,11H2,1H3,(H2,12,13,14). The van der Waals surface area contributed by atoms with Crippen LogP contribution in [0.1, 0.15) is 11.4 Å². The van der Waals surface area contributed by atoms with Crippen LogP contribution in [0.15, 0.2) is 24.3 Å². The first-order valence-corrected chi connectivity index (χ1v) is 4.65. The lowest BCUT2D eigenvalue weighted by Crippen LogP contribution is -1.97. The second-order valence-corrected chi connectivity index (χ2v) is 3.43. The summed E-state index contributed by atoms with van der Waals surface area (Å²) >= 11 is 0. The molecule has 5 heteroatoms. The Morgan fingerprint density at radius 1 is 1.20 bits per heavy atom. The van der Waals surface area contributed by atoms with Crippen molar-refractivity contribution < 1.29 is 0 Å². The van der Waals surface area contributed by atoms with Crippen LogP contribution < -0.4 is 11.5 Å². The van der Waals surface area contributed by atoms with Crippen molar-refractivity contribution in [2.75, 3.05) is 11.5 Å². The van der Waals surface area contributed by atoms with E-state index in [1.165, 1.54) is 0 Å². The average Bonchev–Trinajstić information content (AvgIpc) is 2.50. The third kappa shape index (κ3) is 2.07. The molecule has 0 atom stereocenters. The maximum absolute atomic E-state index is 5.59. The Kier molecular flexibility index (Phi) is 2.29. The van der Waals surface area contributed by atoms with Gasteiger partial charge in [-0.15, -0.1) is 0 Å². The van der Waals surface area contributed by atoms with Crippen LogP contribution in [0.3, 0.4) is 0 Å². The van der Waals surface area contributed by atoms with E-state index in [4.69, 9.17) is 11.5 Å². The van der Waals surface area contributed by atoms with Gasteiger partial charge < -0.3 is 11.5 Å². The molecule has 2 aromatic rings. The molecule has 0 radical (unpaired) electrons. The summed E-state index contributed by atoms with van der Waals surface area (Å²) in [6.07, 6.45) is 0.672. The highest BCUT2D eigenvalue weighted by molar-refractivity contribution is 5.40. The second kappa shape index (κ2) is 3.61. The number of nitrogen functional groups attached to an aromatic ring is 2. The van der Waals surface area contributed by atoms with Crippen molar-refractivity contribution in [2.24, 2.45) is 7.05 Å². The molecule has 2 rings (SSSR count). The van der Waals surface area contributed by atoms with E-state index in [2.05, 4.69) is 10.1 Å². The normalized spacial score (nSPS) is 10.5. The average molecular weight is 203 g/mol. The molecular weight excluding hydrogens is 190 g/mol. The number of nitrogens with zero attached hydrogens (tertiary/aromatic N) is 3. The van der Waals surface area contributed by atoms with Gasteiger partial charge in [0.05, 0.1) is 0 Å². The van der Waals surface area contributed by atoms with Gasteiger partial charge >= 0.3 is 0 Å². The molecule has 78 valence electrons. The SMILES string of the molecule is Cn1nc(Cc2ccc(N)cc2)nc1N. The molecule has 0 aliphatic carbocycles. The Labute approximate surface area is 87.7 Å². The number of nitrogens with two attached hydrogens (primary N) is 2. The minimum absolute atomic E-state index is 0.431. The highest BCUT2D eigenvalue weighted by Gasteiger charge is 2.04. The molecule has 0 saturated heterocycles. The zero-order chi connectivity index (χ0) is 10.8. The van der Waals surface area contributed by atoms with Crippen LogP contribution in [0.2, 0.25) is 0 Å². The van der Waals surface area contributed by atoms with Crippen molar-refractivity contribution in [1.82, 2.24) is 14.8 Å². The van der Waals surface area contributed by atoms with Crippen LogP contribution in [0.25, 0.3) is 0 Å². The molecule has 1 aromatic heterocycles. The van der Waals surface area contributed by atoms with Crippen molar-refractivity contribution in [3.63, 3.8) is 0 Å². The maximum atomic E-state index is 5.59. The Morgan fingerprint density at radius 3 is 2.40 bits per heavy atom. The Morgan fingerprint density at radius 2 is 1.87 bits per heavy atom. The van der Waals surface area contributed by atoms with Crippen LogP contribution in [0.4, 0.5) is 11.6 Å². The van der Waals surface area contributed by atoms with Gasteiger partial charge in [0.2, 0.25) is 5.95 Å². The second-order valence-electron chi connectivity index (χ2n) is 3.43. The molecule has 5 nitrogen and oxygen atoms in total. The quantitative estimate of drug-likeness (QED) is 0.699. The van der Waals surface area contributed by atoms with E-state index in [-0.39, 0.29) is 0 Å².